The number of benzene rings is 1. The van der Waals surface area contributed by atoms with E-state index >= 15 is 0 Å². The van der Waals surface area contributed by atoms with E-state index in [0.717, 1.165) is 11.1 Å². The van der Waals surface area contributed by atoms with Gasteiger partial charge in [0.1, 0.15) is 0 Å². The lowest BCUT2D eigenvalue weighted by atomic mass is 10.0. The highest BCUT2D eigenvalue weighted by atomic mass is 14.0. The minimum atomic E-state index is 1.02. The van der Waals surface area contributed by atoms with E-state index in [1.165, 1.54) is 5.57 Å². The molecule has 0 N–H and O–H groups in total. The molecule has 0 spiro atoms. The van der Waals surface area contributed by atoms with Crippen molar-refractivity contribution in [2.75, 3.05) is 0 Å². The Bertz CT molecular complexity index is 502. The molecule has 0 nitrogen and oxygen atoms in total. The van der Waals surface area contributed by atoms with Gasteiger partial charge in [0.2, 0.25) is 0 Å². The highest BCUT2D eigenvalue weighted by Crippen LogP contribution is 2.12. The van der Waals surface area contributed by atoms with Crippen molar-refractivity contribution in [2.45, 2.75) is 6.92 Å². The van der Waals surface area contributed by atoms with Crippen molar-refractivity contribution < 1.29 is 0 Å². The first kappa shape index (κ1) is 10.4. The third-order valence-corrected chi connectivity index (χ3v) is 2.24. The van der Waals surface area contributed by atoms with Gasteiger partial charge in [0.25, 0.3) is 0 Å². The smallest absolute Gasteiger partial charge is 0.0484 e. The minimum Gasteiger partial charge on any atom is -0.0622 e. The van der Waals surface area contributed by atoms with Gasteiger partial charge < -0.3 is 0 Å². The molecule has 1 aliphatic carbocycles. The molecule has 0 bridgehead atoms. The van der Waals surface area contributed by atoms with E-state index < -0.39 is 0 Å². The molecule has 16 heavy (non-hydrogen) atoms. The maximum atomic E-state index is 3.06. The second-order valence-corrected chi connectivity index (χ2v) is 3.61. The fourth-order valence-corrected chi connectivity index (χ4v) is 1.33. The highest BCUT2D eigenvalue weighted by molar-refractivity contribution is 5.44. The molecule has 76 valence electrons. The number of hydrogen-bond acceptors (Lipinski definition) is 0. The monoisotopic (exact) mass is 204 g/mol. The Kier molecular flexibility index (Phi) is 3.31. The van der Waals surface area contributed by atoms with Crippen molar-refractivity contribution in [3.63, 3.8) is 0 Å². The summed E-state index contributed by atoms with van der Waals surface area (Å²) in [5.74, 6) is 5.98. The lowest BCUT2D eigenvalue weighted by Gasteiger charge is -2.02. The summed E-state index contributed by atoms with van der Waals surface area (Å²) in [7, 11) is 0. The molecule has 0 atom stereocenters. The average Bonchev–Trinajstić information content (AvgIpc) is 2.33. The van der Waals surface area contributed by atoms with Crippen LogP contribution in [0.15, 0.2) is 59.7 Å². The van der Waals surface area contributed by atoms with Crippen molar-refractivity contribution in [1.82, 2.24) is 0 Å². The van der Waals surface area contributed by atoms with Crippen LogP contribution in [0.1, 0.15) is 12.5 Å². The molecular formula is C16H12. The van der Waals surface area contributed by atoms with Crippen LogP contribution in [0.5, 0.6) is 0 Å². The first-order valence-electron chi connectivity index (χ1n) is 5.23. The van der Waals surface area contributed by atoms with Gasteiger partial charge in [-0.05, 0) is 24.6 Å². The van der Waals surface area contributed by atoms with Gasteiger partial charge in [-0.25, -0.2) is 0 Å². The Morgan fingerprint density at radius 3 is 2.62 bits per heavy atom. The van der Waals surface area contributed by atoms with Gasteiger partial charge in [0, 0.05) is 11.6 Å². The lowest BCUT2D eigenvalue weighted by molar-refractivity contribution is 1.40. The molecule has 0 saturated heterocycles. The summed E-state index contributed by atoms with van der Waals surface area (Å²) in [6, 6.07) is 9.93. The van der Waals surface area contributed by atoms with Crippen LogP contribution in [0.4, 0.5) is 0 Å². The largest absolute Gasteiger partial charge is 0.0622 e. The zero-order valence-corrected chi connectivity index (χ0v) is 9.20. The van der Waals surface area contributed by atoms with Crippen molar-refractivity contribution in [1.29, 1.82) is 0 Å². The predicted octanol–water partition coefficient (Wildman–Crippen LogP) is 3.49. The molecule has 0 aromatic heterocycles. The normalized spacial score (nSPS) is 16.1. The van der Waals surface area contributed by atoms with E-state index in [1.807, 2.05) is 42.8 Å². The summed E-state index contributed by atoms with van der Waals surface area (Å²) in [4.78, 5) is 0. The van der Waals surface area contributed by atoms with Crippen molar-refractivity contribution >= 4 is 0 Å². The molecule has 0 unspecified atom stereocenters. The molecule has 0 heteroatoms. The summed E-state index contributed by atoms with van der Waals surface area (Å²) in [5.41, 5.74) is 3.29. The average molecular weight is 204 g/mol. The topological polar surface area (TPSA) is 0 Å². The molecule has 0 heterocycles. The maximum Gasteiger partial charge on any atom is 0.0484 e. The fraction of sp³-hybridized carbons (Fsp3) is 0.0625. The van der Waals surface area contributed by atoms with Crippen LogP contribution in [-0.4, -0.2) is 0 Å². The zero-order valence-electron chi connectivity index (χ0n) is 9.20. The molecule has 0 aliphatic heterocycles. The fourth-order valence-electron chi connectivity index (χ4n) is 1.33. The molecular weight excluding hydrogens is 192 g/mol. The van der Waals surface area contributed by atoms with Crippen LogP contribution < -0.4 is 0 Å². The van der Waals surface area contributed by atoms with Crippen LogP contribution in [0.25, 0.3) is 0 Å². The van der Waals surface area contributed by atoms with Crippen molar-refractivity contribution in [2.24, 2.45) is 0 Å². The molecule has 0 saturated carbocycles. The van der Waals surface area contributed by atoms with E-state index in [2.05, 4.69) is 37.0 Å². The molecule has 0 amide bonds. The summed E-state index contributed by atoms with van der Waals surface area (Å²) in [6.45, 7) is 2.07. The van der Waals surface area contributed by atoms with Gasteiger partial charge >= 0.3 is 0 Å². The van der Waals surface area contributed by atoms with Gasteiger partial charge in [-0.2, -0.15) is 0 Å². The SMILES string of the molecule is CC1=C[CH+]C(=[C-]C#Cc2ccccc2)C=C1. The van der Waals surface area contributed by atoms with E-state index in [4.69, 9.17) is 0 Å². The molecule has 0 radical (unpaired) electrons. The lowest BCUT2D eigenvalue weighted by Crippen LogP contribution is -1.85. The molecule has 1 aromatic rings. The van der Waals surface area contributed by atoms with Crippen LogP contribution in [-0.2, 0) is 0 Å². The van der Waals surface area contributed by atoms with E-state index in [9.17, 15) is 0 Å². The Balaban J connectivity index is 2.06. The van der Waals surface area contributed by atoms with E-state index in [-0.39, 0.29) is 0 Å². The standard InChI is InChI=1S/C16H12/c1-14-10-12-16(13-11-14)9-5-8-15-6-3-2-4-7-15/h2-4,6-7,10-13H,1H3. The highest BCUT2D eigenvalue weighted by Gasteiger charge is 1.95. The number of hydrogen-bond donors (Lipinski definition) is 0. The Labute approximate surface area is 97.0 Å². The van der Waals surface area contributed by atoms with E-state index in [0.29, 0.717) is 0 Å². The summed E-state index contributed by atoms with van der Waals surface area (Å²) in [6.07, 6.45) is 11.2. The van der Waals surface area contributed by atoms with Gasteiger partial charge in [-0.3, -0.25) is 0 Å². The van der Waals surface area contributed by atoms with Gasteiger partial charge in [-0.1, -0.05) is 60.3 Å². The summed E-state index contributed by atoms with van der Waals surface area (Å²) >= 11 is 0. The number of rotatable bonds is 0. The van der Waals surface area contributed by atoms with Crippen molar-refractivity contribution in [3.8, 4) is 11.8 Å². The van der Waals surface area contributed by atoms with E-state index in [1.54, 1.807) is 0 Å². The van der Waals surface area contributed by atoms with Crippen LogP contribution in [0.2, 0.25) is 0 Å². The predicted molar refractivity (Wildman–Crippen MR) is 67.3 cm³/mol. The summed E-state index contributed by atoms with van der Waals surface area (Å²) < 4.78 is 0. The maximum absolute atomic E-state index is 3.06. The Hall–Kier alpha value is -2.13. The van der Waals surface area contributed by atoms with Gasteiger partial charge in [0.15, 0.2) is 0 Å². The first-order valence-corrected chi connectivity index (χ1v) is 5.23. The quantitative estimate of drug-likeness (QED) is 0.448. The third kappa shape index (κ3) is 2.93. The molecule has 1 aliphatic rings. The zero-order chi connectivity index (χ0) is 11.2. The van der Waals surface area contributed by atoms with Crippen LogP contribution in [0.3, 0.4) is 0 Å². The number of allylic oxidation sites excluding steroid dienone is 6. The van der Waals surface area contributed by atoms with Crippen molar-refractivity contribution in [3.05, 3.63) is 77.8 Å². The first-order chi connectivity index (χ1) is 7.84. The molecule has 0 fully saturated rings. The minimum absolute atomic E-state index is 1.02. The van der Waals surface area contributed by atoms with Gasteiger partial charge in [-0.15, -0.1) is 0 Å². The third-order valence-electron chi connectivity index (χ3n) is 2.24. The second kappa shape index (κ2) is 5.09. The van der Waals surface area contributed by atoms with Crippen LogP contribution in [0, 0.1) is 24.3 Å². The summed E-state index contributed by atoms with van der Waals surface area (Å²) in [5, 5.41) is 0. The second-order valence-electron chi connectivity index (χ2n) is 3.61. The molecule has 1 aromatic carbocycles. The Morgan fingerprint density at radius 2 is 1.94 bits per heavy atom. The van der Waals surface area contributed by atoms with Crippen LogP contribution >= 0.6 is 0 Å². The van der Waals surface area contributed by atoms with Gasteiger partial charge in [0.05, 0.1) is 0 Å². The molecule has 2 rings (SSSR count). The Morgan fingerprint density at radius 1 is 1.12 bits per heavy atom.